The average Bonchev–Trinajstić information content (AvgIpc) is 2.91. The van der Waals surface area contributed by atoms with Gasteiger partial charge < -0.3 is 16.0 Å². The number of hydrogen-bond donors (Lipinski definition) is 3. The number of para-hydroxylation sites is 1. The molecule has 0 bridgehead atoms. The summed E-state index contributed by atoms with van der Waals surface area (Å²) in [5.41, 5.74) is 1.03. The molecule has 1 aromatic heterocycles. The molecular weight excluding hydrogens is 409 g/mol. The van der Waals surface area contributed by atoms with Gasteiger partial charge in [0.15, 0.2) is 11.1 Å². The van der Waals surface area contributed by atoms with Gasteiger partial charge in [-0.05, 0) is 19.1 Å². The highest BCUT2D eigenvalue weighted by Gasteiger charge is 2.01. The van der Waals surface area contributed by atoms with Gasteiger partial charge in [-0.1, -0.05) is 29.4 Å². The summed E-state index contributed by atoms with van der Waals surface area (Å²) in [5, 5.41) is 10.4. The van der Waals surface area contributed by atoms with Crippen molar-refractivity contribution < 1.29 is 0 Å². The Balaban J connectivity index is 0.00000242. The van der Waals surface area contributed by atoms with Gasteiger partial charge in [-0.3, -0.25) is 4.99 Å². The molecule has 0 atom stereocenters. The third-order valence-electron chi connectivity index (χ3n) is 2.65. The predicted molar refractivity (Wildman–Crippen MR) is 106 cm³/mol. The van der Waals surface area contributed by atoms with Crippen molar-refractivity contribution in [3.63, 3.8) is 0 Å². The molecule has 2 aromatic rings. The molecule has 0 saturated heterocycles. The van der Waals surface area contributed by atoms with E-state index in [1.54, 1.807) is 11.3 Å². The number of guanidine groups is 1. The quantitative estimate of drug-likeness (QED) is 0.217. The number of benzene rings is 1. The van der Waals surface area contributed by atoms with E-state index in [0.29, 0.717) is 13.1 Å². The molecule has 0 radical (unpaired) electrons. The second kappa shape index (κ2) is 10.2. The fourth-order valence-corrected chi connectivity index (χ4v) is 2.65. The van der Waals surface area contributed by atoms with Gasteiger partial charge in [0, 0.05) is 13.1 Å². The van der Waals surface area contributed by atoms with Gasteiger partial charge in [0.1, 0.15) is 0 Å². The van der Waals surface area contributed by atoms with Gasteiger partial charge in [0.25, 0.3) is 0 Å². The van der Waals surface area contributed by atoms with E-state index in [9.17, 15) is 0 Å². The van der Waals surface area contributed by atoms with Crippen LogP contribution in [0.2, 0.25) is 0 Å². The summed E-state index contributed by atoms with van der Waals surface area (Å²) in [7, 11) is 0. The van der Waals surface area contributed by atoms with Gasteiger partial charge >= 0.3 is 0 Å². The Kier molecular flexibility index (Phi) is 8.62. The highest BCUT2D eigenvalue weighted by Crippen LogP contribution is 2.24. The predicted octanol–water partition coefficient (Wildman–Crippen LogP) is 2.51. The molecule has 22 heavy (non-hydrogen) atoms. The number of nitrogens with zero attached hydrogens (tertiary/aromatic N) is 2. The first-order valence-corrected chi connectivity index (χ1v) is 7.70. The first-order chi connectivity index (χ1) is 10.3. The van der Waals surface area contributed by atoms with Crippen molar-refractivity contribution in [1.82, 2.24) is 15.6 Å². The fourth-order valence-electron chi connectivity index (χ4n) is 1.75. The standard InChI is InChI=1S/C15H19N5S.HI/c1-3-9-17-14(16-4-2)18-10-11-19-15-20-12-7-5-6-8-13(12)21-15;/h1,5-8H,4,9-11H2,2H3,(H,19,20)(H2,16,17,18);1H. The minimum atomic E-state index is 0. The van der Waals surface area contributed by atoms with Crippen LogP contribution in [-0.4, -0.2) is 37.1 Å². The third kappa shape index (κ3) is 5.69. The summed E-state index contributed by atoms with van der Waals surface area (Å²) in [6, 6.07) is 8.11. The van der Waals surface area contributed by atoms with Gasteiger partial charge in [-0.15, -0.1) is 30.4 Å². The number of aliphatic imine (C=N–C) groups is 1. The van der Waals surface area contributed by atoms with Crippen LogP contribution >= 0.6 is 35.3 Å². The number of anilines is 1. The smallest absolute Gasteiger partial charge is 0.192 e. The molecule has 0 aliphatic rings. The Hall–Kier alpha value is -1.53. The molecule has 2 rings (SSSR count). The normalized spacial score (nSPS) is 10.6. The Morgan fingerprint density at radius 1 is 1.36 bits per heavy atom. The SMILES string of the molecule is C#CCNC(=NCCNc1nc2ccccc2s1)NCC.I. The Labute approximate surface area is 152 Å². The molecule has 118 valence electrons. The number of hydrogen-bond acceptors (Lipinski definition) is 4. The van der Waals surface area contributed by atoms with Crippen molar-refractivity contribution in [1.29, 1.82) is 0 Å². The van der Waals surface area contributed by atoms with Crippen LogP contribution < -0.4 is 16.0 Å². The minimum absolute atomic E-state index is 0. The van der Waals surface area contributed by atoms with Crippen LogP contribution in [0.3, 0.4) is 0 Å². The lowest BCUT2D eigenvalue weighted by atomic mass is 10.3. The second-order valence-electron chi connectivity index (χ2n) is 4.23. The van der Waals surface area contributed by atoms with Gasteiger partial charge in [0.2, 0.25) is 0 Å². The molecule has 0 aliphatic carbocycles. The average molecular weight is 429 g/mol. The van der Waals surface area contributed by atoms with E-state index in [-0.39, 0.29) is 24.0 Å². The lowest BCUT2D eigenvalue weighted by molar-refractivity contribution is 0.865. The number of fused-ring (bicyclic) bond motifs is 1. The molecule has 0 amide bonds. The first kappa shape index (κ1) is 18.5. The van der Waals surface area contributed by atoms with Crippen LogP contribution in [-0.2, 0) is 0 Å². The van der Waals surface area contributed by atoms with E-state index in [0.717, 1.165) is 29.7 Å². The number of halogens is 1. The number of rotatable bonds is 6. The Bertz CT molecular complexity index is 614. The van der Waals surface area contributed by atoms with Crippen molar-refractivity contribution in [2.24, 2.45) is 4.99 Å². The monoisotopic (exact) mass is 429 g/mol. The van der Waals surface area contributed by atoms with Crippen LogP contribution in [0.15, 0.2) is 29.3 Å². The van der Waals surface area contributed by atoms with Crippen molar-refractivity contribution in [3.05, 3.63) is 24.3 Å². The molecule has 0 aliphatic heterocycles. The second-order valence-corrected chi connectivity index (χ2v) is 5.26. The first-order valence-electron chi connectivity index (χ1n) is 6.88. The van der Waals surface area contributed by atoms with E-state index < -0.39 is 0 Å². The molecule has 0 unspecified atom stereocenters. The topological polar surface area (TPSA) is 61.3 Å². The summed E-state index contributed by atoms with van der Waals surface area (Å²) in [4.78, 5) is 8.95. The summed E-state index contributed by atoms with van der Waals surface area (Å²) in [6.07, 6.45) is 5.23. The van der Waals surface area contributed by atoms with E-state index in [1.807, 2.05) is 25.1 Å². The fraction of sp³-hybridized carbons (Fsp3) is 0.333. The molecule has 1 heterocycles. The van der Waals surface area contributed by atoms with Crippen LogP contribution in [0, 0.1) is 12.3 Å². The molecule has 0 spiro atoms. The highest BCUT2D eigenvalue weighted by molar-refractivity contribution is 14.0. The third-order valence-corrected chi connectivity index (χ3v) is 3.65. The highest BCUT2D eigenvalue weighted by atomic mass is 127. The number of terminal acetylenes is 1. The van der Waals surface area contributed by atoms with Crippen molar-refractivity contribution in [2.45, 2.75) is 6.92 Å². The zero-order chi connectivity index (χ0) is 14.9. The minimum Gasteiger partial charge on any atom is -0.360 e. The van der Waals surface area contributed by atoms with E-state index in [1.165, 1.54) is 4.70 Å². The lowest BCUT2D eigenvalue weighted by Gasteiger charge is -2.08. The van der Waals surface area contributed by atoms with E-state index >= 15 is 0 Å². The number of thiazole rings is 1. The number of nitrogens with one attached hydrogen (secondary N) is 3. The molecule has 1 aromatic carbocycles. The maximum absolute atomic E-state index is 5.23. The summed E-state index contributed by atoms with van der Waals surface area (Å²) in [5.74, 6) is 3.27. The Morgan fingerprint density at radius 2 is 2.18 bits per heavy atom. The Morgan fingerprint density at radius 3 is 2.91 bits per heavy atom. The summed E-state index contributed by atoms with van der Waals surface area (Å²) in [6.45, 7) is 4.67. The molecular formula is C15H20IN5S. The molecule has 3 N–H and O–H groups in total. The van der Waals surface area contributed by atoms with E-state index in [4.69, 9.17) is 6.42 Å². The van der Waals surface area contributed by atoms with Gasteiger partial charge in [-0.2, -0.15) is 0 Å². The molecule has 0 saturated carbocycles. The van der Waals surface area contributed by atoms with Gasteiger partial charge in [-0.25, -0.2) is 4.98 Å². The zero-order valence-electron chi connectivity index (χ0n) is 12.4. The van der Waals surface area contributed by atoms with Crippen LogP contribution in [0.5, 0.6) is 0 Å². The van der Waals surface area contributed by atoms with Crippen molar-refractivity contribution in [3.8, 4) is 12.3 Å². The van der Waals surface area contributed by atoms with Gasteiger partial charge in [0.05, 0.1) is 23.3 Å². The van der Waals surface area contributed by atoms with Crippen LogP contribution in [0.1, 0.15) is 6.92 Å². The lowest BCUT2D eigenvalue weighted by Crippen LogP contribution is -2.37. The van der Waals surface area contributed by atoms with Crippen molar-refractivity contribution in [2.75, 3.05) is 31.5 Å². The summed E-state index contributed by atoms with van der Waals surface area (Å²) < 4.78 is 1.19. The molecule has 0 fully saturated rings. The maximum atomic E-state index is 5.23. The van der Waals surface area contributed by atoms with Crippen molar-refractivity contribution >= 4 is 56.6 Å². The summed E-state index contributed by atoms with van der Waals surface area (Å²) >= 11 is 1.65. The van der Waals surface area contributed by atoms with E-state index in [2.05, 4.69) is 37.9 Å². The molecule has 5 nitrogen and oxygen atoms in total. The van der Waals surface area contributed by atoms with Crippen LogP contribution in [0.4, 0.5) is 5.13 Å². The maximum Gasteiger partial charge on any atom is 0.192 e. The molecule has 7 heteroatoms. The zero-order valence-corrected chi connectivity index (χ0v) is 15.6. The number of aromatic nitrogens is 1. The van der Waals surface area contributed by atoms with Crippen LogP contribution in [0.25, 0.3) is 10.2 Å². The largest absolute Gasteiger partial charge is 0.360 e.